The highest BCUT2D eigenvalue weighted by molar-refractivity contribution is 14.0. The molecule has 28 heavy (non-hydrogen) atoms. The fourth-order valence-electron chi connectivity index (χ4n) is 2.63. The number of hydrogen-bond acceptors (Lipinski definition) is 3. The lowest BCUT2D eigenvalue weighted by molar-refractivity contribution is 0.598. The first kappa shape index (κ1) is 24.4. The average Bonchev–Trinajstić information content (AvgIpc) is 2.66. The number of guanidine groups is 1. The fraction of sp³-hybridized carbons (Fsp3) is 0.350. The van der Waals surface area contributed by atoms with Crippen LogP contribution in [0.5, 0.6) is 0 Å². The molecule has 0 aliphatic carbocycles. The zero-order valence-electron chi connectivity index (χ0n) is 16.3. The van der Waals surface area contributed by atoms with Gasteiger partial charge in [-0.15, -0.1) is 24.0 Å². The minimum Gasteiger partial charge on any atom is -0.357 e. The van der Waals surface area contributed by atoms with Crippen LogP contribution in [0.2, 0.25) is 0 Å². The summed E-state index contributed by atoms with van der Waals surface area (Å²) in [6, 6.07) is 17.0. The zero-order chi connectivity index (χ0) is 19.7. The van der Waals surface area contributed by atoms with Crippen molar-refractivity contribution in [2.45, 2.75) is 31.1 Å². The van der Waals surface area contributed by atoms with Crippen LogP contribution in [0.15, 0.2) is 64.5 Å². The summed E-state index contributed by atoms with van der Waals surface area (Å²) in [5.74, 6) is 1.12. The van der Waals surface area contributed by atoms with Gasteiger partial charge in [0, 0.05) is 25.6 Å². The minimum absolute atomic E-state index is 0. The number of halogens is 1. The standard InChI is InChI=1S/C20H28N4O2S.HI/c1-3-22-20(24-15-16(2)18-7-5-4-6-8-18)23-14-13-17-9-11-19(12-10-17)27(21,25)26;/h4-12,16H,3,13-15H2,1-2H3,(H2,21,25,26)(H2,22,23,24);1H. The summed E-state index contributed by atoms with van der Waals surface area (Å²) in [7, 11) is -3.64. The SMILES string of the molecule is CCNC(=NCC(C)c1ccccc1)NCCc1ccc(S(N)(=O)=O)cc1.I. The molecule has 0 spiro atoms. The molecular weight excluding hydrogens is 487 g/mol. The summed E-state index contributed by atoms with van der Waals surface area (Å²) in [6.45, 7) is 6.37. The quantitative estimate of drug-likeness (QED) is 0.286. The van der Waals surface area contributed by atoms with E-state index >= 15 is 0 Å². The lowest BCUT2D eigenvalue weighted by Gasteiger charge is -2.14. The summed E-state index contributed by atoms with van der Waals surface area (Å²) in [4.78, 5) is 4.79. The molecule has 0 radical (unpaired) electrons. The van der Waals surface area contributed by atoms with E-state index in [0.29, 0.717) is 19.0 Å². The molecule has 1 unspecified atom stereocenters. The van der Waals surface area contributed by atoms with E-state index in [0.717, 1.165) is 24.5 Å². The van der Waals surface area contributed by atoms with Crippen LogP contribution in [-0.2, 0) is 16.4 Å². The van der Waals surface area contributed by atoms with E-state index in [9.17, 15) is 8.42 Å². The van der Waals surface area contributed by atoms with Crippen LogP contribution in [-0.4, -0.2) is 34.0 Å². The number of hydrogen-bond donors (Lipinski definition) is 3. The third-order valence-electron chi connectivity index (χ3n) is 4.19. The van der Waals surface area contributed by atoms with Gasteiger partial charge < -0.3 is 10.6 Å². The Morgan fingerprint density at radius 1 is 1.07 bits per heavy atom. The Bertz CT molecular complexity index is 840. The molecule has 1 atom stereocenters. The van der Waals surface area contributed by atoms with Crippen molar-refractivity contribution in [2.24, 2.45) is 10.1 Å². The van der Waals surface area contributed by atoms with Crippen molar-refractivity contribution in [1.82, 2.24) is 10.6 Å². The Morgan fingerprint density at radius 2 is 1.71 bits per heavy atom. The van der Waals surface area contributed by atoms with Crippen molar-refractivity contribution in [3.63, 3.8) is 0 Å². The van der Waals surface area contributed by atoms with Gasteiger partial charge in [-0.2, -0.15) is 0 Å². The number of aliphatic imine (C=N–C) groups is 1. The van der Waals surface area contributed by atoms with Crippen LogP contribution < -0.4 is 15.8 Å². The fourth-order valence-corrected chi connectivity index (χ4v) is 3.14. The summed E-state index contributed by atoms with van der Waals surface area (Å²) in [6.07, 6.45) is 0.754. The molecule has 0 aliphatic rings. The molecule has 0 bridgehead atoms. The van der Waals surface area contributed by atoms with Crippen molar-refractivity contribution in [1.29, 1.82) is 0 Å². The van der Waals surface area contributed by atoms with E-state index in [1.54, 1.807) is 12.1 Å². The molecule has 0 saturated heterocycles. The average molecular weight is 516 g/mol. The number of benzene rings is 2. The number of nitrogens with one attached hydrogen (secondary N) is 2. The molecule has 8 heteroatoms. The third kappa shape index (κ3) is 8.15. The monoisotopic (exact) mass is 516 g/mol. The Balaban J connectivity index is 0.00000392. The molecule has 0 fully saturated rings. The maximum absolute atomic E-state index is 11.3. The second-order valence-corrected chi connectivity index (χ2v) is 7.96. The van der Waals surface area contributed by atoms with Crippen LogP contribution in [0.3, 0.4) is 0 Å². The van der Waals surface area contributed by atoms with Crippen molar-refractivity contribution < 1.29 is 8.42 Å². The van der Waals surface area contributed by atoms with Crippen molar-refractivity contribution in [3.05, 3.63) is 65.7 Å². The minimum atomic E-state index is -3.64. The Kier molecular flexibility index (Phi) is 10.5. The number of nitrogens with two attached hydrogens (primary N) is 1. The van der Waals surface area contributed by atoms with Crippen molar-refractivity contribution in [2.75, 3.05) is 19.6 Å². The van der Waals surface area contributed by atoms with Gasteiger partial charge in [-0.05, 0) is 36.6 Å². The molecule has 154 valence electrons. The van der Waals surface area contributed by atoms with Crippen LogP contribution in [0.4, 0.5) is 0 Å². The summed E-state index contributed by atoms with van der Waals surface area (Å²) in [5.41, 5.74) is 2.30. The summed E-state index contributed by atoms with van der Waals surface area (Å²) >= 11 is 0. The van der Waals surface area contributed by atoms with E-state index in [1.165, 1.54) is 17.7 Å². The first-order valence-electron chi connectivity index (χ1n) is 9.09. The Hall–Kier alpha value is -1.65. The van der Waals surface area contributed by atoms with Gasteiger partial charge in [0.2, 0.25) is 10.0 Å². The molecule has 6 nitrogen and oxygen atoms in total. The van der Waals surface area contributed by atoms with Gasteiger partial charge >= 0.3 is 0 Å². The van der Waals surface area contributed by atoms with Gasteiger partial charge in [0.25, 0.3) is 0 Å². The van der Waals surface area contributed by atoms with E-state index in [4.69, 9.17) is 5.14 Å². The normalized spacial score (nSPS) is 12.8. The lowest BCUT2D eigenvalue weighted by atomic mass is 10.0. The van der Waals surface area contributed by atoms with Crippen molar-refractivity contribution >= 4 is 40.0 Å². The van der Waals surface area contributed by atoms with Gasteiger partial charge in [-0.25, -0.2) is 13.6 Å². The van der Waals surface area contributed by atoms with E-state index in [2.05, 4.69) is 34.7 Å². The first-order valence-corrected chi connectivity index (χ1v) is 10.6. The molecule has 0 aromatic heterocycles. The Labute approximate surface area is 185 Å². The molecule has 2 rings (SSSR count). The molecule has 2 aromatic rings. The van der Waals surface area contributed by atoms with Gasteiger partial charge in [-0.3, -0.25) is 4.99 Å². The summed E-state index contributed by atoms with van der Waals surface area (Å²) < 4.78 is 22.6. The third-order valence-corrected chi connectivity index (χ3v) is 5.12. The first-order chi connectivity index (χ1) is 12.9. The van der Waals surface area contributed by atoms with Crippen LogP contribution in [0.1, 0.15) is 30.9 Å². The molecule has 2 aromatic carbocycles. The number of primary sulfonamides is 1. The second kappa shape index (κ2) is 12.0. The smallest absolute Gasteiger partial charge is 0.238 e. The predicted octanol–water partition coefficient (Wildman–Crippen LogP) is 2.85. The molecule has 4 N–H and O–H groups in total. The number of sulfonamides is 1. The highest BCUT2D eigenvalue weighted by Crippen LogP contribution is 2.14. The van der Waals surface area contributed by atoms with E-state index in [-0.39, 0.29) is 28.9 Å². The molecular formula is C20H29IN4O2S. The van der Waals surface area contributed by atoms with Gasteiger partial charge in [0.1, 0.15) is 0 Å². The summed E-state index contributed by atoms with van der Waals surface area (Å²) in [5, 5.41) is 11.7. The predicted molar refractivity (Wildman–Crippen MR) is 126 cm³/mol. The number of nitrogens with zero attached hydrogens (tertiary/aromatic N) is 1. The largest absolute Gasteiger partial charge is 0.357 e. The molecule has 0 amide bonds. The maximum Gasteiger partial charge on any atom is 0.238 e. The molecule has 0 aliphatic heterocycles. The van der Waals surface area contributed by atoms with Gasteiger partial charge in [0.15, 0.2) is 5.96 Å². The van der Waals surface area contributed by atoms with Crippen LogP contribution in [0.25, 0.3) is 0 Å². The highest BCUT2D eigenvalue weighted by atomic mass is 127. The Morgan fingerprint density at radius 3 is 2.29 bits per heavy atom. The van der Waals surface area contributed by atoms with Gasteiger partial charge in [-0.1, -0.05) is 49.4 Å². The second-order valence-electron chi connectivity index (χ2n) is 6.40. The topological polar surface area (TPSA) is 96.6 Å². The molecule has 0 heterocycles. The van der Waals surface area contributed by atoms with E-state index in [1.807, 2.05) is 25.1 Å². The lowest BCUT2D eigenvalue weighted by Crippen LogP contribution is -2.38. The molecule has 0 saturated carbocycles. The van der Waals surface area contributed by atoms with E-state index < -0.39 is 10.0 Å². The van der Waals surface area contributed by atoms with Crippen molar-refractivity contribution in [3.8, 4) is 0 Å². The zero-order valence-corrected chi connectivity index (χ0v) is 19.4. The maximum atomic E-state index is 11.3. The van der Waals surface area contributed by atoms with Crippen LogP contribution >= 0.6 is 24.0 Å². The van der Waals surface area contributed by atoms with Crippen LogP contribution in [0, 0.1) is 0 Å². The number of rotatable bonds is 8. The highest BCUT2D eigenvalue weighted by Gasteiger charge is 2.07. The van der Waals surface area contributed by atoms with Gasteiger partial charge in [0.05, 0.1) is 4.90 Å².